The Bertz CT molecular complexity index is 285. The van der Waals surface area contributed by atoms with Crippen LogP contribution in [0.4, 0.5) is 0 Å². The molecule has 1 unspecified atom stereocenters. The van der Waals surface area contributed by atoms with Gasteiger partial charge in [-0.3, -0.25) is 4.98 Å². The van der Waals surface area contributed by atoms with Gasteiger partial charge < -0.3 is 15.3 Å². The molecule has 16 heavy (non-hydrogen) atoms. The van der Waals surface area contributed by atoms with Crippen molar-refractivity contribution in [3.05, 3.63) is 16.6 Å². The predicted octanol–water partition coefficient (Wildman–Crippen LogP) is 0.689. The second-order valence-electron chi connectivity index (χ2n) is 4.26. The van der Waals surface area contributed by atoms with Gasteiger partial charge in [0.15, 0.2) is 0 Å². The standard InChI is InChI=1S/C11H19N3OS/c15-10(8-14-3-1-2-4-14)5-12-6-11-7-13-9-16-11/h7,9-10,12,15H,1-6,8H2. The van der Waals surface area contributed by atoms with Crippen molar-refractivity contribution in [2.75, 3.05) is 26.2 Å². The molecule has 1 aromatic rings. The number of nitrogens with zero attached hydrogens (tertiary/aromatic N) is 2. The lowest BCUT2D eigenvalue weighted by atomic mass is 10.3. The molecule has 1 fully saturated rings. The normalized spacial score (nSPS) is 19.1. The molecule has 90 valence electrons. The maximum absolute atomic E-state index is 9.82. The van der Waals surface area contributed by atoms with E-state index in [1.165, 1.54) is 17.7 Å². The minimum atomic E-state index is -0.258. The third-order valence-corrected chi connectivity index (χ3v) is 3.61. The van der Waals surface area contributed by atoms with Crippen LogP contribution in [0.2, 0.25) is 0 Å². The Morgan fingerprint density at radius 3 is 3.00 bits per heavy atom. The Hall–Kier alpha value is -0.490. The van der Waals surface area contributed by atoms with Gasteiger partial charge in [-0.05, 0) is 25.9 Å². The lowest BCUT2D eigenvalue weighted by Gasteiger charge is -2.19. The largest absolute Gasteiger partial charge is 0.390 e. The molecule has 4 nitrogen and oxygen atoms in total. The van der Waals surface area contributed by atoms with Gasteiger partial charge in [-0.25, -0.2) is 0 Å². The monoisotopic (exact) mass is 241 g/mol. The summed E-state index contributed by atoms with van der Waals surface area (Å²) in [6.45, 7) is 4.56. The van der Waals surface area contributed by atoms with Gasteiger partial charge in [0.1, 0.15) is 0 Å². The molecule has 2 rings (SSSR count). The Morgan fingerprint density at radius 2 is 2.31 bits per heavy atom. The number of aromatic nitrogens is 1. The van der Waals surface area contributed by atoms with E-state index in [0.717, 1.165) is 26.2 Å². The van der Waals surface area contributed by atoms with Crippen LogP contribution in [0.1, 0.15) is 17.7 Å². The second kappa shape index (κ2) is 6.30. The Labute approximate surface area is 100 Å². The van der Waals surface area contributed by atoms with Crippen molar-refractivity contribution >= 4 is 11.3 Å². The maximum atomic E-state index is 9.82. The minimum absolute atomic E-state index is 0.258. The van der Waals surface area contributed by atoms with Crippen LogP contribution in [0.15, 0.2) is 11.7 Å². The lowest BCUT2D eigenvalue weighted by molar-refractivity contribution is 0.123. The summed E-state index contributed by atoms with van der Waals surface area (Å²) in [7, 11) is 0. The molecule has 0 amide bonds. The van der Waals surface area contributed by atoms with Crippen LogP contribution in [0.25, 0.3) is 0 Å². The molecule has 0 bridgehead atoms. The molecule has 0 aliphatic carbocycles. The first-order valence-electron chi connectivity index (χ1n) is 5.83. The SMILES string of the molecule is OC(CNCc1cncs1)CN1CCCC1. The van der Waals surface area contributed by atoms with E-state index in [9.17, 15) is 5.11 Å². The molecule has 2 N–H and O–H groups in total. The van der Waals surface area contributed by atoms with Crippen LogP contribution in [0.3, 0.4) is 0 Å². The van der Waals surface area contributed by atoms with Crippen molar-refractivity contribution in [1.82, 2.24) is 15.2 Å². The van der Waals surface area contributed by atoms with Crippen LogP contribution in [0, 0.1) is 0 Å². The van der Waals surface area contributed by atoms with E-state index in [1.54, 1.807) is 11.3 Å². The molecule has 5 heteroatoms. The maximum Gasteiger partial charge on any atom is 0.0794 e. The summed E-state index contributed by atoms with van der Waals surface area (Å²) in [5, 5.41) is 13.1. The van der Waals surface area contributed by atoms with E-state index in [0.29, 0.717) is 6.54 Å². The fourth-order valence-corrected chi connectivity index (χ4v) is 2.58. The molecule has 2 heterocycles. The number of aliphatic hydroxyl groups is 1. The molecule has 0 radical (unpaired) electrons. The van der Waals surface area contributed by atoms with E-state index in [2.05, 4.69) is 15.2 Å². The van der Waals surface area contributed by atoms with Gasteiger partial charge in [-0.1, -0.05) is 0 Å². The Morgan fingerprint density at radius 1 is 1.50 bits per heavy atom. The van der Waals surface area contributed by atoms with E-state index in [-0.39, 0.29) is 6.10 Å². The summed E-state index contributed by atoms with van der Waals surface area (Å²) in [4.78, 5) is 7.56. The van der Waals surface area contributed by atoms with Gasteiger partial charge in [-0.15, -0.1) is 11.3 Å². The number of hydrogen-bond acceptors (Lipinski definition) is 5. The van der Waals surface area contributed by atoms with Gasteiger partial charge in [0.2, 0.25) is 0 Å². The average molecular weight is 241 g/mol. The van der Waals surface area contributed by atoms with Crippen molar-refractivity contribution in [3.8, 4) is 0 Å². The van der Waals surface area contributed by atoms with Crippen molar-refractivity contribution < 1.29 is 5.11 Å². The third-order valence-electron chi connectivity index (χ3n) is 2.83. The predicted molar refractivity (Wildman–Crippen MR) is 65.5 cm³/mol. The van der Waals surface area contributed by atoms with Gasteiger partial charge >= 0.3 is 0 Å². The smallest absolute Gasteiger partial charge is 0.0794 e. The number of rotatable bonds is 6. The highest BCUT2D eigenvalue weighted by atomic mass is 32.1. The van der Waals surface area contributed by atoms with Crippen LogP contribution in [-0.4, -0.2) is 47.3 Å². The average Bonchev–Trinajstić information content (AvgIpc) is 2.90. The highest BCUT2D eigenvalue weighted by molar-refractivity contribution is 7.09. The third kappa shape index (κ3) is 3.83. The van der Waals surface area contributed by atoms with Crippen molar-refractivity contribution in [2.24, 2.45) is 0 Å². The summed E-state index contributed by atoms with van der Waals surface area (Å²) in [5.74, 6) is 0. The topological polar surface area (TPSA) is 48.4 Å². The molecule has 1 aliphatic heterocycles. The summed E-state index contributed by atoms with van der Waals surface area (Å²) in [6.07, 6.45) is 4.16. The molecule has 1 aliphatic rings. The molecule has 0 aromatic carbocycles. The first-order valence-corrected chi connectivity index (χ1v) is 6.71. The Kier molecular flexibility index (Phi) is 4.71. The summed E-state index contributed by atoms with van der Waals surface area (Å²) >= 11 is 1.64. The van der Waals surface area contributed by atoms with Gasteiger partial charge in [-0.2, -0.15) is 0 Å². The minimum Gasteiger partial charge on any atom is -0.390 e. The number of nitrogens with one attached hydrogen (secondary N) is 1. The van der Waals surface area contributed by atoms with Gasteiger partial charge in [0.25, 0.3) is 0 Å². The first kappa shape index (κ1) is 12.0. The molecule has 1 atom stereocenters. The second-order valence-corrected chi connectivity index (χ2v) is 5.23. The lowest BCUT2D eigenvalue weighted by Crippen LogP contribution is -2.36. The van der Waals surface area contributed by atoms with Gasteiger partial charge in [0.05, 0.1) is 11.6 Å². The van der Waals surface area contributed by atoms with Crippen LogP contribution in [-0.2, 0) is 6.54 Å². The van der Waals surface area contributed by atoms with Crippen molar-refractivity contribution in [2.45, 2.75) is 25.5 Å². The quantitative estimate of drug-likeness (QED) is 0.769. The highest BCUT2D eigenvalue weighted by Gasteiger charge is 2.15. The molecule has 1 aromatic heterocycles. The van der Waals surface area contributed by atoms with Crippen LogP contribution in [0.5, 0.6) is 0 Å². The fraction of sp³-hybridized carbons (Fsp3) is 0.727. The summed E-state index contributed by atoms with van der Waals surface area (Å²) < 4.78 is 0. The molecular weight excluding hydrogens is 222 g/mol. The number of thiazole rings is 1. The van der Waals surface area contributed by atoms with Crippen LogP contribution < -0.4 is 5.32 Å². The first-order chi connectivity index (χ1) is 7.84. The zero-order valence-electron chi connectivity index (χ0n) is 9.43. The summed E-state index contributed by atoms with van der Waals surface area (Å²) in [5.41, 5.74) is 1.83. The number of aliphatic hydroxyl groups excluding tert-OH is 1. The van der Waals surface area contributed by atoms with Crippen LogP contribution >= 0.6 is 11.3 Å². The van der Waals surface area contributed by atoms with E-state index in [4.69, 9.17) is 0 Å². The molecule has 0 saturated carbocycles. The summed E-state index contributed by atoms with van der Waals surface area (Å²) in [6, 6.07) is 0. The van der Waals surface area contributed by atoms with E-state index in [1.807, 2.05) is 11.7 Å². The van der Waals surface area contributed by atoms with Crippen molar-refractivity contribution in [3.63, 3.8) is 0 Å². The molecule has 0 spiro atoms. The number of hydrogen-bond donors (Lipinski definition) is 2. The fourth-order valence-electron chi connectivity index (χ4n) is 2.02. The molecular formula is C11H19N3OS. The number of β-amino-alcohol motifs (C(OH)–C–C–N with tert-alkyl or cyclic N) is 1. The highest BCUT2D eigenvalue weighted by Crippen LogP contribution is 2.07. The zero-order valence-corrected chi connectivity index (χ0v) is 10.2. The van der Waals surface area contributed by atoms with Crippen molar-refractivity contribution in [1.29, 1.82) is 0 Å². The number of likely N-dealkylation sites (tertiary alicyclic amines) is 1. The Balaban J connectivity index is 1.58. The molecule has 1 saturated heterocycles. The van der Waals surface area contributed by atoms with E-state index >= 15 is 0 Å². The van der Waals surface area contributed by atoms with E-state index < -0.39 is 0 Å². The van der Waals surface area contributed by atoms with Gasteiger partial charge in [0, 0.05) is 30.7 Å². The zero-order chi connectivity index (χ0) is 11.2.